The van der Waals surface area contributed by atoms with Crippen molar-refractivity contribution in [2.45, 2.75) is 34.2 Å². The maximum absolute atomic E-state index is 13.2. The summed E-state index contributed by atoms with van der Waals surface area (Å²) in [6.45, 7) is 7.38. The highest BCUT2D eigenvalue weighted by Crippen LogP contribution is 2.32. The van der Waals surface area contributed by atoms with Crippen LogP contribution in [0.5, 0.6) is 0 Å². The van der Waals surface area contributed by atoms with E-state index in [1.165, 1.54) is 22.0 Å². The number of thiophene rings is 1. The second-order valence-corrected chi connectivity index (χ2v) is 8.44. The van der Waals surface area contributed by atoms with Gasteiger partial charge in [0.05, 0.1) is 17.7 Å². The van der Waals surface area contributed by atoms with E-state index in [-0.39, 0.29) is 18.7 Å². The summed E-state index contributed by atoms with van der Waals surface area (Å²) < 4.78 is 6.81. The van der Waals surface area contributed by atoms with E-state index in [1.807, 2.05) is 19.9 Å². The van der Waals surface area contributed by atoms with Crippen LogP contribution in [0.25, 0.3) is 20.4 Å². The molecule has 1 N–H and O–H groups in total. The van der Waals surface area contributed by atoms with E-state index in [4.69, 9.17) is 4.74 Å². The predicted octanol–water partition coefficient (Wildman–Crippen LogP) is 3.75. The van der Waals surface area contributed by atoms with Crippen LogP contribution in [0, 0.1) is 20.8 Å². The molecule has 1 aromatic carbocycles. The molecular formula is C23H22N4O4S. The first-order chi connectivity index (χ1) is 15.3. The number of carbonyl (C=O) groups is 2. The first-order valence-electron chi connectivity index (χ1n) is 10.1. The van der Waals surface area contributed by atoms with Gasteiger partial charge in [0.25, 0.3) is 5.56 Å². The molecule has 0 fully saturated rings. The Bertz CT molecular complexity index is 1440. The molecular weight excluding hydrogens is 428 g/mol. The van der Waals surface area contributed by atoms with Gasteiger partial charge in [-0.15, -0.1) is 11.3 Å². The number of hydrogen-bond acceptors (Lipinski definition) is 7. The molecule has 32 heavy (non-hydrogen) atoms. The van der Waals surface area contributed by atoms with Crippen LogP contribution >= 0.6 is 11.3 Å². The van der Waals surface area contributed by atoms with Crippen LogP contribution in [0.4, 0.5) is 5.69 Å². The molecule has 0 spiro atoms. The summed E-state index contributed by atoms with van der Waals surface area (Å²) in [6, 6.07) is 8.44. The zero-order valence-corrected chi connectivity index (χ0v) is 19.0. The highest BCUT2D eigenvalue weighted by Gasteiger charge is 2.18. The lowest BCUT2D eigenvalue weighted by atomic mass is 10.1. The Hall–Kier alpha value is -3.59. The van der Waals surface area contributed by atoms with Gasteiger partial charge in [0.1, 0.15) is 21.9 Å². The van der Waals surface area contributed by atoms with Crippen LogP contribution in [0.15, 0.2) is 35.1 Å². The fraction of sp³-hybridized carbons (Fsp3) is 0.261. The molecule has 0 aliphatic heterocycles. The largest absolute Gasteiger partial charge is 0.462 e. The van der Waals surface area contributed by atoms with Gasteiger partial charge in [-0.25, -0.2) is 14.8 Å². The normalized spacial score (nSPS) is 11.1. The van der Waals surface area contributed by atoms with Crippen LogP contribution in [-0.2, 0) is 16.1 Å². The van der Waals surface area contributed by atoms with Crippen molar-refractivity contribution in [3.8, 4) is 0 Å². The summed E-state index contributed by atoms with van der Waals surface area (Å²) in [6.07, 6.45) is 0. The van der Waals surface area contributed by atoms with E-state index in [1.54, 1.807) is 32.0 Å². The molecule has 0 aliphatic rings. The molecule has 0 aliphatic carbocycles. The summed E-state index contributed by atoms with van der Waals surface area (Å²) in [5.74, 6) is -0.421. The SMILES string of the molecule is CCOC(=O)c1cccc(NC(=O)Cn2c(C)nc3c(sc4nc(C)cc(C)c43)c2=O)c1. The number of pyridine rings is 1. The molecule has 8 nitrogen and oxygen atoms in total. The van der Waals surface area contributed by atoms with Gasteiger partial charge in [0.15, 0.2) is 0 Å². The van der Waals surface area contributed by atoms with Gasteiger partial charge in [-0.3, -0.25) is 14.2 Å². The lowest BCUT2D eigenvalue weighted by Crippen LogP contribution is -2.29. The Morgan fingerprint density at radius 2 is 1.94 bits per heavy atom. The van der Waals surface area contributed by atoms with Crippen molar-refractivity contribution in [2.24, 2.45) is 0 Å². The lowest BCUT2D eigenvalue weighted by molar-refractivity contribution is -0.116. The summed E-state index contributed by atoms with van der Waals surface area (Å²) in [7, 11) is 0. The number of nitrogens with zero attached hydrogens (tertiary/aromatic N) is 3. The molecule has 9 heteroatoms. The number of hydrogen-bond donors (Lipinski definition) is 1. The van der Waals surface area contributed by atoms with Gasteiger partial charge in [-0.05, 0) is 57.5 Å². The third kappa shape index (κ3) is 3.99. The Morgan fingerprint density at radius 3 is 2.69 bits per heavy atom. The smallest absolute Gasteiger partial charge is 0.338 e. The van der Waals surface area contributed by atoms with E-state index in [0.29, 0.717) is 27.3 Å². The molecule has 3 heterocycles. The Balaban J connectivity index is 1.65. The zero-order chi connectivity index (χ0) is 23.0. The van der Waals surface area contributed by atoms with Gasteiger partial charge in [-0.2, -0.15) is 0 Å². The number of rotatable bonds is 5. The number of amides is 1. The number of benzene rings is 1. The molecule has 1 amide bonds. The minimum absolute atomic E-state index is 0.197. The predicted molar refractivity (Wildman–Crippen MR) is 124 cm³/mol. The Labute approximate surface area is 187 Å². The molecule has 4 aromatic rings. The quantitative estimate of drug-likeness (QED) is 0.465. The molecule has 0 unspecified atom stereocenters. The number of esters is 1. The average Bonchev–Trinajstić information content (AvgIpc) is 3.10. The van der Waals surface area contributed by atoms with Gasteiger partial charge in [0.2, 0.25) is 5.91 Å². The van der Waals surface area contributed by atoms with E-state index in [2.05, 4.69) is 15.3 Å². The monoisotopic (exact) mass is 450 g/mol. The van der Waals surface area contributed by atoms with E-state index >= 15 is 0 Å². The molecule has 0 atom stereocenters. The number of nitrogens with one attached hydrogen (secondary N) is 1. The Kier molecular flexibility index (Phi) is 5.75. The van der Waals surface area contributed by atoms with Crippen molar-refractivity contribution < 1.29 is 14.3 Å². The second kappa shape index (κ2) is 8.51. The second-order valence-electron chi connectivity index (χ2n) is 7.44. The number of aromatic nitrogens is 3. The molecule has 0 saturated carbocycles. The first-order valence-corrected chi connectivity index (χ1v) is 10.9. The highest BCUT2D eigenvalue weighted by molar-refractivity contribution is 7.25. The third-order valence-electron chi connectivity index (χ3n) is 5.02. The highest BCUT2D eigenvalue weighted by atomic mass is 32.1. The number of ether oxygens (including phenoxy) is 1. The van der Waals surface area contributed by atoms with Gasteiger partial charge < -0.3 is 10.1 Å². The minimum atomic E-state index is -0.464. The molecule has 4 rings (SSSR count). The van der Waals surface area contributed by atoms with Crippen molar-refractivity contribution in [3.05, 3.63) is 63.3 Å². The van der Waals surface area contributed by atoms with E-state index in [0.717, 1.165) is 21.5 Å². The van der Waals surface area contributed by atoms with Crippen LogP contribution < -0.4 is 10.9 Å². The molecule has 3 aromatic heterocycles. The summed E-state index contributed by atoms with van der Waals surface area (Å²) in [5, 5.41) is 3.61. The van der Waals surface area contributed by atoms with Gasteiger partial charge in [0, 0.05) is 16.8 Å². The van der Waals surface area contributed by atoms with Crippen molar-refractivity contribution in [3.63, 3.8) is 0 Å². The minimum Gasteiger partial charge on any atom is -0.462 e. The lowest BCUT2D eigenvalue weighted by Gasteiger charge is -2.11. The van der Waals surface area contributed by atoms with E-state index in [9.17, 15) is 14.4 Å². The van der Waals surface area contributed by atoms with Crippen molar-refractivity contribution >= 4 is 49.3 Å². The maximum atomic E-state index is 13.2. The summed E-state index contributed by atoms with van der Waals surface area (Å²) in [5.41, 5.74) is 3.02. The zero-order valence-electron chi connectivity index (χ0n) is 18.2. The molecule has 0 radical (unpaired) electrons. The third-order valence-corrected chi connectivity index (χ3v) is 6.09. The maximum Gasteiger partial charge on any atom is 0.338 e. The molecule has 164 valence electrons. The van der Waals surface area contributed by atoms with Crippen molar-refractivity contribution in [1.82, 2.24) is 14.5 Å². The van der Waals surface area contributed by atoms with Gasteiger partial charge in [-0.1, -0.05) is 6.07 Å². The summed E-state index contributed by atoms with van der Waals surface area (Å²) >= 11 is 1.29. The van der Waals surface area contributed by atoms with Gasteiger partial charge >= 0.3 is 5.97 Å². The fourth-order valence-corrected chi connectivity index (χ4v) is 4.82. The van der Waals surface area contributed by atoms with Crippen LogP contribution in [0.1, 0.15) is 34.4 Å². The van der Waals surface area contributed by atoms with E-state index < -0.39 is 11.9 Å². The average molecular weight is 451 g/mol. The standard InChI is InChI=1S/C23H22N4O4S/c1-5-31-23(30)15-7-6-8-16(10-15)26-17(28)11-27-14(4)25-19-18-12(2)9-13(3)24-21(18)32-20(19)22(27)29/h6-10H,5,11H2,1-4H3,(H,26,28). The van der Waals surface area contributed by atoms with Crippen molar-refractivity contribution in [2.75, 3.05) is 11.9 Å². The fourth-order valence-electron chi connectivity index (χ4n) is 3.63. The Morgan fingerprint density at radius 1 is 1.16 bits per heavy atom. The first kappa shape index (κ1) is 21.6. The molecule has 0 bridgehead atoms. The topological polar surface area (TPSA) is 103 Å². The number of fused-ring (bicyclic) bond motifs is 3. The molecule has 0 saturated heterocycles. The van der Waals surface area contributed by atoms with Crippen LogP contribution in [0.2, 0.25) is 0 Å². The summed E-state index contributed by atoms with van der Waals surface area (Å²) in [4.78, 5) is 47.7. The number of aryl methyl sites for hydroxylation is 3. The van der Waals surface area contributed by atoms with Crippen LogP contribution in [0.3, 0.4) is 0 Å². The van der Waals surface area contributed by atoms with Crippen molar-refractivity contribution in [1.29, 1.82) is 0 Å². The number of anilines is 1. The van der Waals surface area contributed by atoms with Crippen LogP contribution in [-0.4, -0.2) is 33.0 Å². The number of carbonyl (C=O) groups excluding carboxylic acids is 2.